The van der Waals surface area contributed by atoms with Gasteiger partial charge >= 0.3 is 6.18 Å². The Bertz CT molecular complexity index is 1450. The summed E-state index contributed by atoms with van der Waals surface area (Å²) in [5, 5.41) is 11.1. The van der Waals surface area contributed by atoms with Crippen LogP contribution in [0.15, 0.2) is 60.2 Å². The Balaban J connectivity index is 1.75. The molecule has 0 bridgehead atoms. The van der Waals surface area contributed by atoms with Crippen LogP contribution in [-0.4, -0.2) is 21.5 Å². The maximum absolute atomic E-state index is 13.2. The first-order chi connectivity index (χ1) is 16.5. The van der Waals surface area contributed by atoms with Gasteiger partial charge in [0, 0.05) is 17.1 Å². The molecule has 1 aliphatic rings. The smallest absolute Gasteiger partial charge is 0.318 e. The molecule has 0 saturated carbocycles. The highest BCUT2D eigenvalue weighted by Gasteiger charge is 2.36. The van der Waals surface area contributed by atoms with E-state index in [4.69, 9.17) is 17.5 Å². The van der Waals surface area contributed by atoms with Gasteiger partial charge < -0.3 is 4.57 Å². The minimum Gasteiger partial charge on any atom is -0.318 e. The fourth-order valence-electron chi connectivity index (χ4n) is 3.88. The monoisotopic (exact) mass is 494 g/mol. The average Bonchev–Trinajstić information content (AvgIpc) is 3.09. The van der Waals surface area contributed by atoms with Gasteiger partial charge in [-0.25, -0.2) is 0 Å². The van der Waals surface area contributed by atoms with Gasteiger partial charge in [0.25, 0.3) is 11.8 Å². The van der Waals surface area contributed by atoms with Crippen LogP contribution in [0.1, 0.15) is 28.1 Å². The number of nitriles is 1. The topological polar surface area (TPSA) is 78.1 Å². The van der Waals surface area contributed by atoms with Gasteiger partial charge in [0.1, 0.15) is 5.57 Å². The number of nitrogens with one attached hydrogen (secondary N) is 1. The minimum absolute atomic E-state index is 0.108. The lowest BCUT2D eigenvalue weighted by molar-refractivity contribution is -0.137. The number of anilines is 1. The first-order valence-corrected chi connectivity index (χ1v) is 10.7. The van der Waals surface area contributed by atoms with Crippen molar-refractivity contribution in [1.82, 2.24) is 9.88 Å². The van der Waals surface area contributed by atoms with Gasteiger partial charge in [0.2, 0.25) is 0 Å². The van der Waals surface area contributed by atoms with Crippen LogP contribution in [0.5, 0.6) is 0 Å². The number of benzene rings is 2. The van der Waals surface area contributed by atoms with Crippen molar-refractivity contribution in [2.24, 2.45) is 0 Å². The van der Waals surface area contributed by atoms with Crippen LogP contribution in [0.25, 0.3) is 11.8 Å². The summed E-state index contributed by atoms with van der Waals surface area (Å²) in [6, 6.07) is 14.9. The van der Waals surface area contributed by atoms with E-state index in [1.165, 1.54) is 18.2 Å². The van der Waals surface area contributed by atoms with Crippen molar-refractivity contribution in [2.45, 2.75) is 20.0 Å². The molecule has 2 heterocycles. The van der Waals surface area contributed by atoms with E-state index in [-0.39, 0.29) is 16.4 Å². The van der Waals surface area contributed by atoms with Crippen LogP contribution in [0.2, 0.25) is 0 Å². The summed E-state index contributed by atoms with van der Waals surface area (Å²) >= 11 is 5.09. The third-order valence-electron chi connectivity index (χ3n) is 5.56. The summed E-state index contributed by atoms with van der Waals surface area (Å²) < 4.78 is 41.5. The number of carbonyl (C=O) groups is 2. The van der Waals surface area contributed by atoms with Crippen LogP contribution in [0, 0.1) is 25.2 Å². The number of halogens is 3. The zero-order chi connectivity index (χ0) is 25.5. The van der Waals surface area contributed by atoms with Crippen molar-refractivity contribution < 1.29 is 22.8 Å². The Morgan fingerprint density at radius 1 is 1.03 bits per heavy atom. The molecule has 176 valence electrons. The Morgan fingerprint density at radius 2 is 1.71 bits per heavy atom. The fraction of sp³-hybridized carbons (Fsp3) is 0.120. The van der Waals surface area contributed by atoms with Crippen LogP contribution in [0.3, 0.4) is 0 Å². The van der Waals surface area contributed by atoms with Crippen molar-refractivity contribution in [1.29, 1.82) is 5.26 Å². The number of carbonyl (C=O) groups excluding carboxylic acids is 2. The molecule has 1 saturated heterocycles. The van der Waals surface area contributed by atoms with Crippen LogP contribution in [0.4, 0.5) is 18.9 Å². The number of hydrogen-bond acceptors (Lipinski definition) is 4. The van der Waals surface area contributed by atoms with E-state index in [9.17, 15) is 22.8 Å². The number of amides is 2. The molecular formula is C25H17F3N4O2S. The average molecular weight is 494 g/mol. The summed E-state index contributed by atoms with van der Waals surface area (Å²) in [7, 11) is 0. The lowest BCUT2D eigenvalue weighted by Crippen LogP contribution is -2.54. The number of hydrogen-bond donors (Lipinski definition) is 1. The molecule has 10 heteroatoms. The molecule has 0 unspecified atom stereocenters. The molecule has 35 heavy (non-hydrogen) atoms. The predicted molar refractivity (Wildman–Crippen MR) is 128 cm³/mol. The summed E-state index contributed by atoms with van der Waals surface area (Å²) in [6.45, 7) is 3.65. The molecule has 1 aliphatic heterocycles. The molecule has 0 radical (unpaired) electrons. The third-order valence-corrected chi connectivity index (χ3v) is 5.84. The second kappa shape index (κ2) is 8.85. The molecule has 0 spiro atoms. The van der Waals surface area contributed by atoms with Crippen LogP contribution >= 0.6 is 12.2 Å². The molecule has 1 N–H and O–H groups in total. The molecule has 2 amide bonds. The van der Waals surface area contributed by atoms with E-state index in [0.717, 1.165) is 34.1 Å². The van der Waals surface area contributed by atoms with Crippen molar-refractivity contribution >= 4 is 40.9 Å². The SMILES string of the molecule is Cc1cc(/C=C2\C(=O)NC(=S)N(c3cccc(C(F)(F)F)c3)C2=O)c(C)n1-c1ccc(C#N)cc1. The highest BCUT2D eigenvalue weighted by Crippen LogP contribution is 2.33. The first kappa shape index (κ1) is 23.9. The Labute approximate surface area is 203 Å². The molecule has 6 nitrogen and oxygen atoms in total. The number of aromatic nitrogens is 1. The lowest BCUT2D eigenvalue weighted by Gasteiger charge is -2.29. The molecule has 0 atom stereocenters. The molecule has 4 rings (SSSR count). The van der Waals surface area contributed by atoms with E-state index in [2.05, 4.69) is 11.4 Å². The molecule has 3 aromatic rings. The highest BCUT2D eigenvalue weighted by atomic mass is 32.1. The lowest BCUT2D eigenvalue weighted by atomic mass is 10.1. The predicted octanol–water partition coefficient (Wildman–Crippen LogP) is 4.82. The number of rotatable bonds is 3. The van der Waals surface area contributed by atoms with Gasteiger partial charge in [0.15, 0.2) is 5.11 Å². The zero-order valence-corrected chi connectivity index (χ0v) is 19.3. The van der Waals surface area contributed by atoms with E-state index in [0.29, 0.717) is 11.1 Å². The molecular weight excluding hydrogens is 477 g/mol. The van der Waals surface area contributed by atoms with E-state index in [1.54, 1.807) is 37.3 Å². The van der Waals surface area contributed by atoms with Crippen molar-refractivity contribution in [2.75, 3.05) is 4.90 Å². The van der Waals surface area contributed by atoms with Crippen molar-refractivity contribution in [3.63, 3.8) is 0 Å². The molecule has 1 aromatic heterocycles. The maximum atomic E-state index is 13.2. The quantitative estimate of drug-likeness (QED) is 0.322. The second-order valence-corrected chi connectivity index (χ2v) is 8.21. The van der Waals surface area contributed by atoms with E-state index < -0.39 is 23.6 Å². The van der Waals surface area contributed by atoms with Crippen LogP contribution in [-0.2, 0) is 15.8 Å². The number of aryl methyl sites for hydroxylation is 1. The highest BCUT2D eigenvalue weighted by molar-refractivity contribution is 7.80. The Morgan fingerprint density at radius 3 is 2.34 bits per heavy atom. The second-order valence-electron chi connectivity index (χ2n) is 7.83. The molecule has 1 fully saturated rings. The standard InChI is InChI=1S/C25H17F3N4O2S/c1-14-10-17(15(2)31(14)19-8-6-16(13-29)7-9-19)11-21-22(33)30-24(35)32(23(21)34)20-5-3-4-18(12-20)25(26,27)28/h3-12H,1-2H3,(H,30,33,35)/b21-11+. The van der Waals surface area contributed by atoms with Crippen molar-refractivity contribution in [3.05, 3.63) is 88.2 Å². The van der Waals surface area contributed by atoms with E-state index >= 15 is 0 Å². The van der Waals surface area contributed by atoms with Gasteiger partial charge in [-0.15, -0.1) is 0 Å². The maximum Gasteiger partial charge on any atom is 0.416 e. The number of alkyl halides is 3. The number of thiocarbonyl (C=S) groups is 1. The van der Waals surface area contributed by atoms with Crippen molar-refractivity contribution in [3.8, 4) is 11.8 Å². The van der Waals surface area contributed by atoms with E-state index in [1.807, 2.05) is 11.5 Å². The van der Waals surface area contributed by atoms with Gasteiger partial charge in [-0.2, -0.15) is 18.4 Å². The minimum atomic E-state index is -4.61. The molecule has 0 aliphatic carbocycles. The third kappa shape index (κ3) is 4.46. The Kier molecular flexibility index (Phi) is 6.05. The number of nitrogens with zero attached hydrogens (tertiary/aromatic N) is 3. The summed E-state index contributed by atoms with van der Waals surface area (Å²) in [6.07, 6.45) is -3.22. The summed E-state index contributed by atoms with van der Waals surface area (Å²) in [5.74, 6) is -1.58. The normalized spacial score (nSPS) is 15.4. The largest absolute Gasteiger partial charge is 0.416 e. The zero-order valence-electron chi connectivity index (χ0n) is 18.5. The fourth-order valence-corrected chi connectivity index (χ4v) is 4.17. The Hall–Kier alpha value is -4.23. The van der Waals surface area contributed by atoms with Crippen LogP contribution < -0.4 is 10.2 Å². The molecule has 2 aromatic carbocycles. The van der Waals surface area contributed by atoms with Gasteiger partial charge in [-0.3, -0.25) is 19.8 Å². The first-order valence-electron chi connectivity index (χ1n) is 10.3. The van der Waals surface area contributed by atoms with Gasteiger partial charge in [-0.1, -0.05) is 6.07 Å². The van der Waals surface area contributed by atoms with Gasteiger partial charge in [0.05, 0.1) is 22.9 Å². The summed E-state index contributed by atoms with van der Waals surface area (Å²) in [5.41, 5.74) is 2.08. The summed E-state index contributed by atoms with van der Waals surface area (Å²) in [4.78, 5) is 26.8. The van der Waals surface area contributed by atoms with Gasteiger partial charge in [-0.05, 0) is 86.2 Å².